The molecule has 0 aromatic carbocycles. The summed E-state index contributed by atoms with van der Waals surface area (Å²) in [4.78, 5) is 18.2. The molecule has 0 N–H and O–H groups in total. The van der Waals surface area contributed by atoms with Crippen molar-refractivity contribution in [1.29, 1.82) is 0 Å². The average molecular weight is 234 g/mol. The van der Waals surface area contributed by atoms with Crippen molar-refractivity contribution >= 4 is 11.8 Å². The van der Waals surface area contributed by atoms with Gasteiger partial charge in [0.1, 0.15) is 11.9 Å². The maximum atomic E-state index is 11.8. The molecule has 0 amide bonds. The smallest absolute Gasteiger partial charge is 0.328 e. The van der Waals surface area contributed by atoms with E-state index in [9.17, 15) is 4.79 Å². The van der Waals surface area contributed by atoms with Gasteiger partial charge in [-0.3, -0.25) is 0 Å². The molecule has 1 unspecified atom stereocenters. The van der Waals surface area contributed by atoms with Crippen molar-refractivity contribution in [3.05, 3.63) is 23.9 Å². The van der Waals surface area contributed by atoms with Crippen LogP contribution in [0.2, 0.25) is 0 Å². The predicted molar refractivity (Wildman–Crippen MR) is 66.0 cm³/mol. The molecule has 1 saturated heterocycles. The van der Waals surface area contributed by atoms with Crippen molar-refractivity contribution in [1.82, 2.24) is 4.98 Å². The number of anilines is 1. The van der Waals surface area contributed by atoms with Gasteiger partial charge in [-0.15, -0.1) is 0 Å². The first-order chi connectivity index (χ1) is 8.24. The van der Waals surface area contributed by atoms with E-state index in [1.165, 1.54) is 7.11 Å². The molecule has 1 fully saturated rings. The molecule has 1 aromatic rings. The van der Waals surface area contributed by atoms with Crippen molar-refractivity contribution in [3.63, 3.8) is 0 Å². The van der Waals surface area contributed by atoms with E-state index in [4.69, 9.17) is 4.74 Å². The number of piperidine rings is 1. The van der Waals surface area contributed by atoms with Crippen LogP contribution in [0.4, 0.5) is 5.82 Å². The van der Waals surface area contributed by atoms with E-state index in [1.807, 2.05) is 19.1 Å². The minimum atomic E-state index is -0.178. The Morgan fingerprint density at radius 1 is 1.53 bits per heavy atom. The number of pyridine rings is 1. The second-order valence-electron chi connectivity index (χ2n) is 4.37. The number of esters is 1. The molecule has 1 aliphatic heterocycles. The van der Waals surface area contributed by atoms with E-state index in [-0.39, 0.29) is 12.0 Å². The van der Waals surface area contributed by atoms with Crippen LogP contribution in [0.25, 0.3) is 0 Å². The van der Waals surface area contributed by atoms with Crippen molar-refractivity contribution in [3.8, 4) is 0 Å². The summed E-state index contributed by atoms with van der Waals surface area (Å²) in [6.07, 6.45) is 4.79. The molecular weight excluding hydrogens is 216 g/mol. The highest BCUT2D eigenvalue weighted by Gasteiger charge is 2.30. The van der Waals surface area contributed by atoms with Gasteiger partial charge in [0.05, 0.1) is 7.11 Å². The van der Waals surface area contributed by atoms with Gasteiger partial charge in [-0.05, 0) is 37.8 Å². The monoisotopic (exact) mass is 234 g/mol. The fourth-order valence-corrected chi connectivity index (χ4v) is 2.34. The number of hydrogen-bond acceptors (Lipinski definition) is 4. The van der Waals surface area contributed by atoms with Gasteiger partial charge in [0.25, 0.3) is 0 Å². The van der Waals surface area contributed by atoms with Crippen LogP contribution in [0.1, 0.15) is 24.8 Å². The van der Waals surface area contributed by atoms with Crippen LogP contribution in [0.5, 0.6) is 0 Å². The Morgan fingerprint density at radius 2 is 2.35 bits per heavy atom. The Morgan fingerprint density at radius 3 is 3.06 bits per heavy atom. The number of nitrogens with zero attached hydrogens (tertiary/aromatic N) is 2. The normalized spacial score (nSPS) is 20.1. The third-order valence-corrected chi connectivity index (χ3v) is 3.23. The largest absolute Gasteiger partial charge is 0.467 e. The van der Waals surface area contributed by atoms with Crippen LogP contribution in [0.3, 0.4) is 0 Å². The molecule has 1 aromatic heterocycles. The summed E-state index contributed by atoms with van der Waals surface area (Å²) < 4.78 is 4.87. The second kappa shape index (κ2) is 5.17. The second-order valence-corrected chi connectivity index (χ2v) is 4.37. The lowest BCUT2D eigenvalue weighted by molar-refractivity contribution is -0.142. The first kappa shape index (κ1) is 11.9. The molecule has 1 atom stereocenters. The zero-order valence-electron chi connectivity index (χ0n) is 10.3. The van der Waals surface area contributed by atoms with Gasteiger partial charge < -0.3 is 9.64 Å². The van der Waals surface area contributed by atoms with Crippen molar-refractivity contribution in [2.45, 2.75) is 32.2 Å². The van der Waals surface area contributed by atoms with Crippen LogP contribution >= 0.6 is 0 Å². The first-order valence-corrected chi connectivity index (χ1v) is 6.00. The fraction of sp³-hybridized carbons (Fsp3) is 0.538. The summed E-state index contributed by atoms with van der Waals surface area (Å²) in [6.45, 7) is 2.89. The number of hydrogen-bond donors (Lipinski definition) is 0. The molecule has 0 radical (unpaired) electrons. The number of carbonyl (C=O) groups excluding carboxylic acids is 1. The molecule has 4 heteroatoms. The number of rotatable bonds is 2. The number of methoxy groups -OCH3 is 1. The van der Waals surface area contributed by atoms with E-state index in [0.717, 1.165) is 37.2 Å². The van der Waals surface area contributed by atoms with Gasteiger partial charge in [0.15, 0.2) is 0 Å². The topological polar surface area (TPSA) is 42.4 Å². The highest BCUT2D eigenvalue weighted by molar-refractivity contribution is 5.80. The van der Waals surface area contributed by atoms with Crippen molar-refractivity contribution in [2.24, 2.45) is 0 Å². The molecule has 0 spiro atoms. The molecule has 2 heterocycles. The molecular formula is C13H18N2O2. The quantitative estimate of drug-likeness (QED) is 0.733. The van der Waals surface area contributed by atoms with Gasteiger partial charge in [0.2, 0.25) is 0 Å². The van der Waals surface area contributed by atoms with E-state index in [2.05, 4.69) is 9.88 Å². The van der Waals surface area contributed by atoms with Crippen LogP contribution in [-0.2, 0) is 9.53 Å². The molecule has 0 bridgehead atoms. The van der Waals surface area contributed by atoms with Crippen molar-refractivity contribution < 1.29 is 9.53 Å². The third-order valence-electron chi connectivity index (χ3n) is 3.23. The molecule has 1 aliphatic rings. The summed E-state index contributed by atoms with van der Waals surface area (Å²) in [7, 11) is 1.44. The lowest BCUT2D eigenvalue weighted by Gasteiger charge is -2.35. The number of aromatic nitrogens is 1. The van der Waals surface area contributed by atoms with Gasteiger partial charge >= 0.3 is 5.97 Å². The van der Waals surface area contributed by atoms with E-state index < -0.39 is 0 Å². The highest BCUT2D eigenvalue weighted by Crippen LogP contribution is 2.26. The van der Waals surface area contributed by atoms with Crippen LogP contribution in [0, 0.1) is 6.92 Å². The zero-order chi connectivity index (χ0) is 12.3. The lowest BCUT2D eigenvalue weighted by Crippen LogP contribution is -2.46. The molecule has 4 nitrogen and oxygen atoms in total. The summed E-state index contributed by atoms with van der Waals surface area (Å²) in [5, 5.41) is 0. The van der Waals surface area contributed by atoms with Crippen LogP contribution < -0.4 is 4.90 Å². The Kier molecular flexibility index (Phi) is 3.61. The summed E-state index contributed by atoms with van der Waals surface area (Å²) in [5.41, 5.74) is 1.10. The predicted octanol–water partition coefficient (Wildman–Crippen LogP) is 1.92. The van der Waals surface area contributed by atoms with E-state index in [1.54, 1.807) is 6.20 Å². The third kappa shape index (κ3) is 2.40. The average Bonchev–Trinajstić information content (AvgIpc) is 2.38. The number of aryl methyl sites for hydroxylation is 1. The maximum absolute atomic E-state index is 11.8. The van der Waals surface area contributed by atoms with E-state index >= 15 is 0 Å². The molecule has 0 saturated carbocycles. The SMILES string of the molecule is COC(=O)C1CCCCN1c1ncccc1C. The fourth-order valence-electron chi connectivity index (χ4n) is 2.34. The van der Waals surface area contributed by atoms with Crippen LogP contribution in [-0.4, -0.2) is 30.6 Å². The van der Waals surface area contributed by atoms with Gasteiger partial charge in [0, 0.05) is 12.7 Å². The Labute approximate surface area is 102 Å². The van der Waals surface area contributed by atoms with Gasteiger partial charge in [-0.1, -0.05) is 6.07 Å². The Hall–Kier alpha value is -1.58. The first-order valence-electron chi connectivity index (χ1n) is 6.00. The zero-order valence-corrected chi connectivity index (χ0v) is 10.3. The summed E-state index contributed by atoms with van der Waals surface area (Å²) >= 11 is 0. The summed E-state index contributed by atoms with van der Waals surface area (Å²) in [6, 6.07) is 3.75. The molecule has 17 heavy (non-hydrogen) atoms. The standard InChI is InChI=1S/C13H18N2O2/c1-10-6-5-8-14-12(10)15-9-4-3-7-11(15)13(16)17-2/h5-6,8,11H,3-4,7,9H2,1-2H3. The van der Waals surface area contributed by atoms with Gasteiger partial charge in [-0.25, -0.2) is 9.78 Å². The number of carbonyl (C=O) groups is 1. The highest BCUT2D eigenvalue weighted by atomic mass is 16.5. The summed E-state index contributed by atoms with van der Waals surface area (Å²) in [5.74, 6) is 0.748. The lowest BCUT2D eigenvalue weighted by atomic mass is 10.0. The molecule has 0 aliphatic carbocycles. The van der Waals surface area contributed by atoms with Crippen molar-refractivity contribution in [2.75, 3.05) is 18.6 Å². The molecule has 2 rings (SSSR count). The Balaban J connectivity index is 2.28. The Bertz CT molecular complexity index is 406. The number of ether oxygens (including phenoxy) is 1. The maximum Gasteiger partial charge on any atom is 0.328 e. The van der Waals surface area contributed by atoms with Gasteiger partial charge in [-0.2, -0.15) is 0 Å². The minimum Gasteiger partial charge on any atom is -0.467 e. The van der Waals surface area contributed by atoms with Crippen LogP contribution in [0.15, 0.2) is 18.3 Å². The van der Waals surface area contributed by atoms with E-state index in [0.29, 0.717) is 0 Å². The minimum absolute atomic E-state index is 0.158. The molecule has 92 valence electrons.